The average molecular weight is 387 g/mol. The minimum Gasteiger partial charge on any atom is -0.368 e. The fourth-order valence-electron chi connectivity index (χ4n) is 2.74. The van der Waals surface area contributed by atoms with Crippen molar-refractivity contribution >= 4 is 29.9 Å². The third-order valence-electron chi connectivity index (χ3n) is 4.17. The first-order valence-electron chi connectivity index (χ1n) is 7.76. The Morgan fingerprint density at radius 3 is 2.88 bits per heavy atom. The molecule has 2 N–H and O–H groups in total. The van der Waals surface area contributed by atoms with Gasteiger partial charge in [-0.25, -0.2) is 0 Å². The highest BCUT2D eigenvalue weighted by Gasteiger charge is 2.39. The fourth-order valence-corrected chi connectivity index (χ4v) is 2.93. The SMILES string of the molecule is COC1(C(=O)NCc2nc(-c3cccc(Cl)c3)no2)CCNCC1.Cl. The molecule has 0 unspecified atom stereocenters. The number of methoxy groups -OCH3 is 1. The lowest BCUT2D eigenvalue weighted by Crippen LogP contribution is -2.53. The van der Waals surface area contributed by atoms with Crippen LogP contribution in [0.5, 0.6) is 0 Å². The van der Waals surface area contributed by atoms with Crippen molar-refractivity contribution in [3.8, 4) is 11.4 Å². The van der Waals surface area contributed by atoms with Crippen molar-refractivity contribution < 1.29 is 14.1 Å². The number of hydrogen-bond acceptors (Lipinski definition) is 6. The van der Waals surface area contributed by atoms with Crippen LogP contribution in [0.4, 0.5) is 0 Å². The van der Waals surface area contributed by atoms with E-state index in [9.17, 15) is 4.79 Å². The quantitative estimate of drug-likeness (QED) is 0.818. The smallest absolute Gasteiger partial charge is 0.252 e. The van der Waals surface area contributed by atoms with Crippen molar-refractivity contribution in [3.63, 3.8) is 0 Å². The third kappa shape index (κ3) is 4.49. The molecule has 1 fully saturated rings. The lowest BCUT2D eigenvalue weighted by molar-refractivity contribution is -0.147. The van der Waals surface area contributed by atoms with Gasteiger partial charge in [0.1, 0.15) is 5.60 Å². The number of nitrogens with zero attached hydrogens (tertiary/aromatic N) is 2. The van der Waals surface area contributed by atoms with Gasteiger partial charge in [0.2, 0.25) is 11.7 Å². The molecule has 3 rings (SSSR count). The second kappa shape index (κ2) is 8.62. The predicted octanol–water partition coefficient (Wildman–Crippen LogP) is 2.20. The largest absolute Gasteiger partial charge is 0.368 e. The molecule has 0 aliphatic carbocycles. The number of amides is 1. The first kappa shape index (κ1) is 19.7. The number of nitrogens with one attached hydrogen (secondary N) is 2. The Labute approximate surface area is 156 Å². The topological polar surface area (TPSA) is 89.3 Å². The van der Waals surface area contributed by atoms with Crippen LogP contribution in [-0.2, 0) is 16.1 Å². The van der Waals surface area contributed by atoms with Gasteiger partial charge in [-0.2, -0.15) is 4.98 Å². The van der Waals surface area contributed by atoms with Gasteiger partial charge >= 0.3 is 0 Å². The van der Waals surface area contributed by atoms with Crippen LogP contribution >= 0.6 is 24.0 Å². The summed E-state index contributed by atoms with van der Waals surface area (Å²) in [4.78, 5) is 16.8. The Bertz CT molecular complexity index is 717. The van der Waals surface area contributed by atoms with E-state index in [1.54, 1.807) is 19.2 Å². The summed E-state index contributed by atoms with van der Waals surface area (Å²) < 4.78 is 10.7. The Hall–Kier alpha value is -1.67. The van der Waals surface area contributed by atoms with Gasteiger partial charge in [-0.15, -0.1) is 12.4 Å². The Kier molecular flexibility index (Phi) is 6.78. The van der Waals surface area contributed by atoms with E-state index >= 15 is 0 Å². The molecule has 1 aliphatic heterocycles. The first-order chi connectivity index (χ1) is 11.6. The lowest BCUT2D eigenvalue weighted by atomic mass is 9.91. The highest BCUT2D eigenvalue weighted by Crippen LogP contribution is 2.23. The Morgan fingerprint density at radius 1 is 1.44 bits per heavy atom. The summed E-state index contributed by atoms with van der Waals surface area (Å²) in [6.45, 7) is 1.66. The summed E-state index contributed by atoms with van der Waals surface area (Å²) in [6, 6.07) is 7.18. The fraction of sp³-hybridized carbons (Fsp3) is 0.438. The Balaban J connectivity index is 0.00000225. The van der Waals surface area contributed by atoms with Crippen LogP contribution in [0.15, 0.2) is 28.8 Å². The predicted molar refractivity (Wildman–Crippen MR) is 95.7 cm³/mol. The van der Waals surface area contributed by atoms with Crippen LogP contribution in [0.3, 0.4) is 0 Å². The van der Waals surface area contributed by atoms with Crippen LogP contribution in [-0.4, -0.2) is 41.8 Å². The minimum atomic E-state index is -0.791. The van der Waals surface area contributed by atoms with Crippen molar-refractivity contribution in [1.82, 2.24) is 20.8 Å². The van der Waals surface area contributed by atoms with Crippen molar-refractivity contribution in [1.29, 1.82) is 0 Å². The zero-order valence-corrected chi connectivity index (χ0v) is 15.3. The van der Waals surface area contributed by atoms with Gasteiger partial charge in [0.05, 0.1) is 6.54 Å². The number of halogens is 2. The van der Waals surface area contributed by atoms with Gasteiger partial charge in [0.25, 0.3) is 5.91 Å². The molecule has 1 amide bonds. The molecule has 2 aromatic rings. The number of piperidine rings is 1. The lowest BCUT2D eigenvalue weighted by Gasteiger charge is -2.34. The number of rotatable bonds is 5. The molecule has 1 aromatic carbocycles. The van der Waals surface area contributed by atoms with E-state index in [1.807, 2.05) is 12.1 Å². The second-order valence-electron chi connectivity index (χ2n) is 5.65. The van der Waals surface area contributed by atoms with Gasteiger partial charge in [0, 0.05) is 17.7 Å². The molecule has 0 saturated carbocycles. The van der Waals surface area contributed by atoms with Crippen molar-refractivity contribution in [2.75, 3.05) is 20.2 Å². The zero-order valence-electron chi connectivity index (χ0n) is 13.8. The molecule has 0 spiro atoms. The van der Waals surface area contributed by atoms with Crippen LogP contribution in [0, 0.1) is 0 Å². The standard InChI is InChI=1S/C16H19ClN4O3.ClH/c1-23-16(5-7-18-8-6-16)15(22)19-10-13-20-14(21-24-13)11-3-2-4-12(17)9-11;/h2-4,9,18H,5-8,10H2,1H3,(H,19,22);1H. The van der Waals surface area contributed by atoms with Crippen molar-refractivity contribution in [2.24, 2.45) is 0 Å². The molecule has 136 valence electrons. The van der Waals surface area contributed by atoms with E-state index in [0.717, 1.165) is 18.7 Å². The maximum atomic E-state index is 12.5. The second-order valence-corrected chi connectivity index (χ2v) is 6.09. The summed E-state index contributed by atoms with van der Waals surface area (Å²) >= 11 is 5.96. The summed E-state index contributed by atoms with van der Waals surface area (Å²) in [5.41, 5.74) is -0.0309. The van der Waals surface area contributed by atoms with E-state index in [0.29, 0.717) is 29.6 Å². The van der Waals surface area contributed by atoms with Crippen LogP contribution < -0.4 is 10.6 Å². The van der Waals surface area contributed by atoms with Gasteiger partial charge < -0.3 is 19.9 Å². The van der Waals surface area contributed by atoms with E-state index in [1.165, 1.54) is 0 Å². The van der Waals surface area contributed by atoms with Gasteiger partial charge in [-0.05, 0) is 38.1 Å². The highest BCUT2D eigenvalue weighted by molar-refractivity contribution is 6.30. The maximum Gasteiger partial charge on any atom is 0.252 e. The summed E-state index contributed by atoms with van der Waals surface area (Å²) in [5.74, 6) is 0.609. The number of carbonyl (C=O) groups excluding carboxylic acids is 1. The normalized spacial score (nSPS) is 16.1. The molecule has 1 aromatic heterocycles. The van der Waals surface area contributed by atoms with Crippen LogP contribution in [0.1, 0.15) is 18.7 Å². The van der Waals surface area contributed by atoms with E-state index < -0.39 is 5.60 Å². The van der Waals surface area contributed by atoms with Crippen LogP contribution in [0.2, 0.25) is 5.02 Å². The molecule has 0 bridgehead atoms. The molecule has 25 heavy (non-hydrogen) atoms. The third-order valence-corrected chi connectivity index (χ3v) is 4.40. The van der Waals surface area contributed by atoms with Crippen molar-refractivity contribution in [3.05, 3.63) is 35.2 Å². The molecule has 7 nitrogen and oxygen atoms in total. The number of carbonyl (C=O) groups is 1. The molecule has 0 atom stereocenters. The molecule has 1 saturated heterocycles. The van der Waals surface area contributed by atoms with Gasteiger partial charge in [-0.1, -0.05) is 28.9 Å². The van der Waals surface area contributed by atoms with E-state index in [-0.39, 0.29) is 24.9 Å². The summed E-state index contributed by atoms with van der Waals surface area (Å²) in [7, 11) is 1.56. The van der Waals surface area contributed by atoms with E-state index in [2.05, 4.69) is 20.8 Å². The molecule has 2 heterocycles. The summed E-state index contributed by atoms with van der Waals surface area (Å²) in [6.07, 6.45) is 1.26. The van der Waals surface area contributed by atoms with Crippen LogP contribution in [0.25, 0.3) is 11.4 Å². The molecule has 1 aliphatic rings. The molecule has 0 radical (unpaired) electrons. The number of aromatic nitrogens is 2. The molecular formula is C16H20Cl2N4O3. The number of ether oxygens (including phenoxy) is 1. The maximum absolute atomic E-state index is 12.5. The van der Waals surface area contributed by atoms with Gasteiger partial charge in [0.15, 0.2) is 0 Å². The zero-order chi connectivity index (χ0) is 17.0. The first-order valence-corrected chi connectivity index (χ1v) is 8.13. The van der Waals surface area contributed by atoms with Crippen molar-refractivity contribution in [2.45, 2.75) is 25.0 Å². The monoisotopic (exact) mass is 386 g/mol. The summed E-state index contributed by atoms with van der Waals surface area (Å²) in [5, 5.41) is 10.6. The average Bonchev–Trinajstić information content (AvgIpc) is 3.09. The van der Waals surface area contributed by atoms with E-state index in [4.69, 9.17) is 20.9 Å². The highest BCUT2D eigenvalue weighted by atomic mass is 35.5. The number of hydrogen-bond donors (Lipinski definition) is 2. The molecular weight excluding hydrogens is 367 g/mol. The Morgan fingerprint density at radius 2 is 2.20 bits per heavy atom. The number of benzene rings is 1. The van der Waals surface area contributed by atoms with Gasteiger partial charge in [-0.3, -0.25) is 4.79 Å². The minimum absolute atomic E-state index is 0. The molecule has 9 heteroatoms.